The Morgan fingerprint density at radius 3 is 2.16 bits per heavy atom. The number of quaternary nitrogens is 1. The SMILES string of the molecule is C=C(C)C[NH+]1CCN(C(=O)C(C)N2C(=O)c3ccccc3C2=O)CC1. The molecule has 0 bridgehead atoms. The van der Waals surface area contributed by atoms with Crippen LogP contribution in [0.25, 0.3) is 0 Å². The fourth-order valence-electron chi connectivity index (χ4n) is 3.58. The Balaban J connectivity index is 1.67. The molecule has 1 aromatic rings. The molecule has 6 heteroatoms. The average Bonchev–Trinajstić information content (AvgIpc) is 2.85. The molecular formula is C19H24N3O3+. The van der Waals surface area contributed by atoms with Crippen molar-refractivity contribution in [2.45, 2.75) is 19.9 Å². The van der Waals surface area contributed by atoms with E-state index in [-0.39, 0.29) is 17.7 Å². The van der Waals surface area contributed by atoms with E-state index < -0.39 is 6.04 Å². The molecule has 0 aromatic heterocycles. The molecule has 1 N–H and O–H groups in total. The Labute approximate surface area is 147 Å². The predicted octanol–water partition coefficient (Wildman–Crippen LogP) is -0.0257. The maximum absolute atomic E-state index is 12.8. The lowest BCUT2D eigenvalue weighted by atomic mass is 10.1. The molecule has 0 aliphatic carbocycles. The highest BCUT2D eigenvalue weighted by atomic mass is 16.2. The van der Waals surface area contributed by atoms with E-state index in [4.69, 9.17) is 0 Å². The molecule has 1 unspecified atom stereocenters. The number of fused-ring (bicyclic) bond motifs is 1. The molecule has 1 fully saturated rings. The summed E-state index contributed by atoms with van der Waals surface area (Å²) in [5.41, 5.74) is 1.89. The van der Waals surface area contributed by atoms with Crippen molar-refractivity contribution in [3.05, 3.63) is 47.5 Å². The van der Waals surface area contributed by atoms with Gasteiger partial charge in [-0.05, 0) is 31.6 Å². The monoisotopic (exact) mass is 342 g/mol. The fraction of sp³-hybridized carbons (Fsp3) is 0.421. The van der Waals surface area contributed by atoms with E-state index in [2.05, 4.69) is 6.58 Å². The highest BCUT2D eigenvalue weighted by Crippen LogP contribution is 2.25. The van der Waals surface area contributed by atoms with Crippen LogP contribution < -0.4 is 4.90 Å². The van der Waals surface area contributed by atoms with E-state index in [9.17, 15) is 14.4 Å². The second-order valence-electron chi connectivity index (χ2n) is 6.91. The lowest BCUT2D eigenvalue weighted by Gasteiger charge is -2.35. The summed E-state index contributed by atoms with van der Waals surface area (Å²) in [6.45, 7) is 11.5. The van der Waals surface area contributed by atoms with Gasteiger partial charge >= 0.3 is 0 Å². The number of imide groups is 1. The van der Waals surface area contributed by atoms with Crippen molar-refractivity contribution in [3.8, 4) is 0 Å². The minimum absolute atomic E-state index is 0.163. The van der Waals surface area contributed by atoms with Gasteiger partial charge in [0.25, 0.3) is 11.8 Å². The summed E-state index contributed by atoms with van der Waals surface area (Å²) < 4.78 is 0. The largest absolute Gasteiger partial charge is 0.330 e. The number of nitrogens with zero attached hydrogens (tertiary/aromatic N) is 2. The molecule has 3 rings (SSSR count). The number of benzene rings is 1. The van der Waals surface area contributed by atoms with Crippen molar-refractivity contribution in [2.24, 2.45) is 0 Å². The highest BCUT2D eigenvalue weighted by molar-refractivity contribution is 6.22. The summed E-state index contributed by atoms with van der Waals surface area (Å²) in [7, 11) is 0. The zero-order valence-corrected chi connectivity index (χ0v) is 14.7. The van der Waals surface area contributed by atoms with Gasteiger partial charge in [-0.1, -0.05) is 18.7 Å². The third-order valence-corrected chi connectivity index (χ3v) is 4.90. The van der Waals surface area contributed by atoms with E-state index in [1.165, 1.54) is 4.90 Å². The van der Waals surface area contributed by atoms with Gasteiger partial charge in [-0.15, -0.1) is 0 Å². The first-order chi connectivity index (χ1) is 11.9. The van der Waals surface area contributed by atoms with Crippen molar-refractivity contribution in [2.75, 3.05) is 32.7 Å². The van der Waals surface area contributed by atoms with Crippen LogP contribution in [0.15, 0.2) is 36.4 Å². The van der Waals surface area contributed by atoms with Crippen LogP contribution in [0.3, 0.4) is 0 Å². The quantitative estimate of drug-likeness (QED) is 0.618. The van der Waals surface area contributed by atoms with Crippen LogP contribution in [0.4, 0.5) is 0 Å². The van der Waals surface area contributed by atoms with Crippen molar-refractivity contribution < 1.29 is 19.3 Å². The van der Waals surface area contributed by atoms with Gasteiger partial charge in [0.15, 0.2) is 0 Å². The molecule has 25 heavy (non-hydrogen) atoms. The molecule has 6 nitrogen and oxygen atoms in total. The third kappa shape index (κ3) is 3.22. The minimum atomic E-state index is -0.782. The Bertz CT molecular complexity index is 700. The van der Waals surface area contributed by atoms with Crippen LogP contribution in [0.1, 0.15) is 34.6 Å². The summed E-state index contributed by atoms with van der Waals surface area (Å²) in [6, 6.07) is 5.93. The van der Waals surface area contributed by atoms with Crippen molar-refractivity contribution >= 4 is 17.7 Å². The Morgan fingerprint density at radius 2 is 1.68 bits per heavy atom. The van der Waals surface area contributed by atoms with E-state index in [1.807, 2.05) is 6.92 Å². The highest BCUT2D eigenvalue weighted by Gasteiger charge is 2.42. The minimum Gasteiger partial charge on any atom is -0.330 e. The van der Waals surface area contributed by atoms with Crippen LogP contribution in [0.5, 0.6) is 0 Å². The number of hydrogen-bond donors (Lipinski definition) is 1. The molecule has 0 radical (unpaired) electrons. The standard InChI is InChI=1S/C19H23N3O3/c1-13(2)12-20-8-10-21(11-9-20)17(23)14(3)22-18(24)15-6-4-5-7-16(15)19(22)25/h4-7,14H,1,8-12H2,2-3H3/p+1. The smallest absolute Gasteiger partial charge is 0.262 e. The summed E-state index contributed by atoms with van der Waals surface area (Å²) in [5, 5.41) is 0. The molecule has 2 aliphatic rings. The van der Waals surface area contributed by atoms with Gasteiger partial charge in [0.05, 0.1) is 43.9 Å². The number of hydrogen-bond acceptors (Lipinski definition) is 3. The summed E-state index contributed by atoms with van der Waals surface area (Å²) >= 11 is 0. The number of rotatable bonds is 4. The van der Waals surface area contributed by atoms with Gasteiger partial charge < -0.3 is 9.80 Å². The summed E-state index contributed by atoms with van der Waals surface area (Å²) in [4.78, 5) is 42.1. The molecule has 1 saturated heterocycles. The van der Waals surface area contributed by atoms with Gasteiger partial charge in [0, 0.05) is 0 Å². The summed E-state index contributed by atoms with van der Waals surface area (Å²) in [5.74, 6) is -0.926. The molecule has 1 aromatic carbocycles. The van der Waals surface area contributed by atoms with Crippen LogP contribution in [0, 0.1) is 0 Å². The molecule has 132 valence electrons. The van der Waals surface area contributed by atoms with Gasteiger partial charge in [-0.25, -0.2) is 0 Å². The predicted molar refractivity (Wildman–Crippen MR) is 93.4 cm³/mol. The van der Waals surface area contributed by atoms with Crippen LogP contribution in [-0.4, -0.2) is 66.3 Å². The maximum Gasteiger partial charge on any atom is 0.262 e. The molecule has 0 spiro atoms. The Hall–Kier alpha value is -2.47. The van der Waals surface area contributed by atoms with Gasteiger partial charge in [-0.2, -0.15) is 0 Å². The first-order valence-corrected chi connectivity index (χ1v) is 8.63. The zero-order chi connectivity index (χ0) is 18.1. The van der Waals surface area contributed by atoms with Crippen molar-refractivity contribution in [3.63, 3.8) is 0 Å². The number of nitrogens with one attached hydrogen (secondary N) is 1. The molecule has 0 saturated carbocycles. The molecular weight excluding hydrogens is 318 g/mol. The van der Waals surface area contributed by atoms with Crippen molar-refractivity contribution in [1.82, 2.24) is 9.80 Å². The topological polar surface area (TPSA) is 62.1 Å². The van der Waals surface area contributed by atoms with E-state index in [0.717, 1.165) is 30.1 Å². The second-order valence-corrected chi connectivity index (χ2v) is 6.91. The normalized spacial score (nSPS) is 19.1. The van der Waals surface area contributed by atoms with Crippen LogP contribution in [0.2, 0.25) is 0 Å². The van der Waals surface area contributed by atoms with E-state index in [1.54, 1.807) is 36.1 Å². The molecule has 2 aliphatic heterocycles. The number of amides is 3. The first kappa shape index (κ1) is 17.4. The number of carbonyl (C=O) groups is 3. The van der Waals surface area contributed by atoms with Crippen molar-refractivity contribution in [1.29, 1.82) is 0 Å². The molecule has 2 heterocycles. The average molecular weight is 342 g/mol. The Kier molecular flexibility index (Phi) is 4.72. The molecule has 1 atom stereocenters. The first-order valence-electron chi connectivity index (χ1n) is 8.63. The van der Waals surface area contributed by atoms with Gasteiger partial charge in [-0.3, -0.25) is 19.3 Å². The lowest BCUT2D eigenvalue weighted by molar-refractivity contribution is -0.899. The van der Waals surface area contributed by atoms with E-state index in [0.29, 0.717) is 24.2 Å². The van der Waals surface area contributed by atoms with Gasteiger partial charge in [0.2, 0.25) is 5.91 Å². The fourth-order valence-corrected chi connectivity index (χ4v) is 3.58. The van der Waals surface area contributed by atoms with Gasteiger partial charge in [0.1, 0.15) is 6.04 Å². The third-order valence-electron chi connectivity index (χ3n) is 4.90. The molecule has 3 amide bonds. The maximum atomic E-state index is 12.8. The number of carbonyl (C=O) groups excluding carboxylic acids is 3. The lowest BCUT2D eigenvalue weighted by Crippen LogP contribution is -3.15. The van der Waals surface area contributed by atoms with Crippen LogP contribution in [-0.2, 0) is 4.79 Å². The summed E-state index contributed by atoms with van der Waals surface area (Å²) in [6.07, 6.45) is 0. The second kappa shape index (κ2) is 6.80. The van der Waals surface area contributed by atoms with E-state index >= 15 is 0 Å². The Morgan fingerprint density at radius 1 is 1.16 bits per heavy atom. The number of piperazine rings is 1. The van der Waals surface area contributed by atoms with Crippen LogP contribution >= 0.6 is 0 Å². The zero-order valence-electron chi connectivity index (χ0n) is 14.7.